The molecule has 0 aromatic heterocycles. The molecule has 0 aliphatic rings. The van der Waals surface area contributed by atoms with Gasteiger partial charge in [-0.15, -0.1) is 0 Å². The highest BCUT2D eigenvalue weighted by Gasteiger charge is 2.45. The van der Waals surface area contributed by atoms with Crippen molar-refractivity contribution in [1.82, 2.24) is 0 Å². The smallest absolute Gasteiger partial charge is 0.459 e. The minimum Gasteiger partial charge on any atom is -0.459 e. The van der Waals surface area contributed by atoms with Gasteiger partial charge < -0.3 is 32.6 Å². The normalized spacial score (nSPS) is 10.4. The topological polar surface area (TPSA) is 222 Å². The Hall–Kier alpha value is -6.72. The molecule has 3 N–H and O–H groups in total. The summed E-state index contributed by atoms with van der Waals surface area (Å²) in [6.07, 6.45) is -1.30. The maximum Gasteiger partial charge on any atom is 0.459 e. The van der Waals surface area contributed by atoms with E-state index in [0.29, 0.717) is 34.3 Å². The number of hydrogen-bond donors (Lipinski definition) is 3. The van der Waals surface area contributed by atoms with Crippen LogP contribution >= 0.6 is 18.6 Å². The van der Waals surface area contributed by atoms with Crippen molar-refractivity contribution in [2.24, 2.45) is 0 Å². The third-order valence-corrected chi connectivity index (χ3v) is 9.74. The van der Waals surface area contributed by atoms with Crippen LogP contribution in [0.5, 0.6) is 17.2 Å². The van der Waals surface area contributed by atoms with Crippen LogP contribution in [0.3, 0.4) is 0 Å². The Morgan fingerprint density at radius 3 is 1.22 bits per heavy atom. The predicted molar refractivity (Wildman–Crippen MR) is 226 cm³/mol. The minimum atomic E-state index is -3.05. The number of anilines is 3. The first-order valence-electron chi connectivity index (χ1n) is 17.3. The van der Waals surface area contributed by atoms with Gasteiger partial charge in [0, 0.05) is 38.6 Å². The van der Waals surface area contributed by atoms with Gasteiger partial charge in [0.25, 0.3) is 0 Å². The lowest BCUT2D eigenvalue weighted by molar-refractivity contribution is -0.140. The maximum atomic E-state index is 12.2. The van der Waals surface area contributed by atoms with Gasteiger partial charge in [0.2, 0.25) is 0 Å². The van der Waals surface area contributed by atoms with E-state index in [4.69, 9.17) is 41.7 Å². The van der Waals surface area contributed by atoms with Gasteiger partial charge in [-0.2, -0.15) is 0 Å². The summed E-state index contributed by atoms with van der Waals surface area (Å²) in [6.45, 7) is 11.0. The van der Waals surface area contributed by atoms with Crippen LogP contribution in [0.15, 0.2) is 110 Å². The lowest BCUT2D eigenvalue weighted by atomic mass is 10.3. The molecular formula is C39H49N3O15PS+. The fraction of sp³-hybridized carbons (Fsp3) is 0.231. The second kappa shape index (κ2) is 24.1. The van der Waals surface area contributed by atoms with Gasteiger partial charge in [-0.3, -0.25) is 25.0 Å². The molecule has 0 bridgehead atoms. The van der Waals surface area contributed by atoms with E-state index in [-0.39, 0.29) is 55.1 Å². The fourth-order valence-corrected chi connectivity index (χ4v) is 6.72. The molecule has 3 amide bonds. The molecule has 320 valence electrons. The van der Waals surface area contributed by atoms with Crippen LogP contribution < -0.4 is 29.2 Å². The molecule has 3 aromatic carbocycles. The Morgan fingerprint density at radius 1 is 0.559 bits per heavy atom. The van der Waals surface area contributed by atoms with Crippen LogP contribution in [0, 0.1) is 0 Å². The van der Waals surface area contributed by atoms with Crippen LogP contribution in [0.1, 0.15) is 18.1 Å². The van der Waals surface area contributed by atoms with Gasteiger partial charge in [0.05, 0.1) is 0 Å². The summed E-state index contributed by atoms with van der Waals surface area (Å²) in [5.74, 6) is -0.728. The van der Waals surface area contributed by atoms with Crippen LogP contribution in [-0.4, -0.2) is 82.5 Å². The van der Waals surface area contributed by atoms with Crippen molar-refractivity contribution in [3.63, 3.8) is 0 Å². The van der Waals surface area contributed by atoms with Gasteiger partial charge in [-0.05, 0) is 86.6 Å². The zero-order valence-electron chi connectivity index (χ0n) is 32.3. The molecule has 0 fully saturated rings. The lowest BCUT2D eigenvalue weighted by Gasteiger charge is -2.19. The van der Waals surface area contributed by atoms with Gasteiger partial charge in [-0.1, -0.05) is 19.7 Å². The number of benzene rings is 3. The van der Waals surface area contributed by atoms with E-state index in [1.807, 2.05) is 0 Å². The molecule has 0 aliphatic carbocycles. The summed E-state index contributed by atoms with van der Waals surface area (Å²) in [7, 11) is 0. The molecule has 3 aromatic rings. The predicted octanol–water partition coefficient (Wildman–Crippen LogP) is 8.62. The largest absolute Gasteiger partial charge is 0.459 e. The van der Waals surface area contributed by atoms with Crippen molar-refractivity contribution in [3.8, 4) is 17.2 Å². The third-order valence-electron chi connectivity index (χ3n) is 6.64. The molecule has 59 heavy (non-hydrogen) atoms. The molecule has 0 saturated carbocycles. The van der Waals surface area contributed by atoms with Crippen molar-refractivity contribution < 1.29 is 74.7 Å². The van der Waals surface area contributed by atoms with Crippen LogP contribution in [-0.2, 0) is 42.8 Å². The summed E-state index contributed by atoms with van der Waals surface area (Å²) in [5.41, 5.74) is 1.61. The average Bonchev–Trinajstić information content (AvgIpc) is 3.20. The van der Waals surface area contributed by atoms with E-state index in [1.54, 1.807) is 79.5 Å². The summed E-state index contributed by atoms with van der Waals surface area (Å²) < 4.78 is 48.2. The minimum absolute atomic E-state index is 0. The van der Waals surface area contributed by atoms with Crippen molar-refractivity contribution in [2.75, 3.05) is 62.3 Å². The number of esters is 3. The number of carbonyl (C=O) groups is 6. The summed E-state index contributed by atoms with van der Waals surface area (Å²) in [4.78, 5) is 70.6. The average molecular weight is 863 g/mol. The Kier molecular flexibility index (Phi) is 19.1. The molecular weight excluding hydrogens is 813 g/mol. The SMILES string of the molecule is C=CC(=O)OCCOC(=O)Nc1ccc(OS[P+](C)(Oc2ccc(NC(=O)OCCOC(=O)C(=C)C)cc2)Oc2ccc(NC(=O)OCCOC(=O)C(=C)C)cc2)cc1.[HH].[HH].[HH]. The standard InChI is InChI=1S/C39H42N3O15PS.3H2/c1-7-34(43)49-20-23-52-37(46)42-30-12-18-33(19-13-30)57-59-58(6,55-31-14-8-28(9-15-31)40-38(47)53-24-21-50-35(44)26(2)3)56-32-16-10-29(11-17-32)41-39(48)54-25-22-51-36(45)27(4)5;;;/h7-19H,1-2,4,20-25H2,3,5-6H3,(H2-,40,41,42,46,47,48);3*1H/p+1. The van der Waals surface area contributed by atoms with Crippen molar-refractivity contribution in [1.29, 1.82) is 0 Å². The van der Waals surface area contributed by atoms with Gasteiger partial charge in [0.1, 0.15) is 52.1 Å². The van der Waals surface area contributed by atoms with E-state index in [2.05, 4.69) is 35.7 Å². The van der Waals surface area contributed by atoms with Gasteiger partial charge >= 0.3 is 54.8 Å². The molecule has 0 radical (unpaired) electrons. The fourth-order valence-electron chi connectivity index (χ4n) is 3.92. The van der Waals surface area contributed by atoms with Gasteiger partial charge in [-0.25, -0.2) is 28.8 Å². The first-order chi connectivity index (χ1) is 28.1. The second-order valence-corrected chi connectivity index (χ2v) is 16.3. The Balaban J connectivity index is 0.0000124. The number of rotatable bonds is 22. The molecule has 0 unspecified atom stereocenters. The zero-order chi connectivity index (χ0) is 43.2. The number of hydrogen-bond acceptors (Lipinski definition) is 16. The molecule has 0 heterocycles. The summed E-state index contributed by atoms with van der Waals surface area (Å²) >= 11 is 0.908. The zero-order valence-corrected chi connectivity index (χ0v) is 34.1. The van der Waals surface area contributed by atoms with Crippen molar-refractivity contribution in [2.45, 2.75) is 13.8 Å². The highest BCUT2D eigenvalue weighted by molar-refractivity contribution is 8.57. The molecule has 3 rings (SSSR count). The summed E-state index contributed by atoms with van der Waals surface area (Å²) in [5, 5.41) is 7.67. The third kappa shape index (κ3) is 18.4. The molecule has 20 heteroatoms. The van der Waals surface area contributed by atoms with E-state index in [1.165, 1.54) is 13.8 Å². The first kappa shape index (κ1) is 46.7. The highest BCUT2D eigenvalue weighted by Crippen LogP contribution is 2.67. The first-order valence-corrected chi connectivity index (χ1v) is 20.7. The molecule has 0 aliphatic heterocycles. The maximum absolute atomic E-state index is 12.2. The number of carbonyl (C=O) groups excluding carboxylic acids is 6. The molecule has 0 saturated heterocycles. The van der Waals surface area contributed by atoms with Crippen molar-refractivity contribution in [3.05, 3.63) is 110 Å². The van der Waals surface area contributed by atoms with E-state index >= 15 is 0 Å². The Bertz CT molecular complexity index is 1880. The van der Waals surface area contributed by atoms with Crippen LogP contribution in [0.4, 0.5) is 31.4 Å². The number of ether oxygens (including phenoxy) is 6. The number of amides is 3. The molecule has 0 spiro atoms. The lowest BCUT2D eigenvalue weighted by Crippen LogP contribution is -2.18. The van der Waals surface area contributed by atoms with Crippen LogP contribution in [0.2, 0.25) is 0 Å². The highest BCUT2D eigenvalue weighted by atomic mass is 32.7. The van der Waals surface area contributed by atoms with E-state index in [9.17, 15) is 28.8 Å². The van der Waals surface area contributed by atoms with E-state index < -0.39 is 43.1 Å². The number of nitrogens with one attached hydrogen (secondary N) is 3. The van der Waals surface area contributed by atoms with E-state index in [0.717, 1.165) is 17.7 Å². The van der Waals surface area contributed by atoms with Crippen molar-refractivity contribution >= 4 is 71.8 Å². The Morgan fingerprint density at radius 2 is 0.881 bits per heavy atom. The Labute approximate surface area is 349 Å². The molecule has 0 atom stereocenters. The summed E-state index contributed by atoms with van der Waals surface area (Å²) in [6, 6.07) is 19.0. The molecule has 18 nitrogen and oxygen atoms in total. The second-order valence-electron chi connectivity index (χ2n) is 11.7. The van der Waals surface area contributed by atoms with Crippen LogP contribution in [0.25, 0.3) is 0 Å². The monoisotopic (exact) mass is 862 g/mol. The quantitative estimate of drug-likeness (QED) is 0.0215. The van der Waals surface area contributed by atoms with Gasteiger partial charge in [0.15, 0.2) is 11.5 Å².